The van der Waals surface area contributed by atoms with Crippen LogP contribution in [-0.2, 0) is 11.3 Å². The van der Waals surface area contributed by atoms with Gasteiger partial charge in [-0.2, -0.15) is 0 Å². The summed E-state index contributed by atoms with van der Waals surface area (Å²) in [4.78, 5) is 14.6. The van der Waals surface area contributed by atoms with E-state index >= 15 is 0 Å². The molecule has 0 saturated carbocycles. The summed E-state index contributed by atoms with van der Waals surface area (Å²) in [7, 11) is 0. The maximum absolute atomic E-state index is 12.2. The lowest BCUT2D eigenvalue weighted by Crippen LogP contribution is -2.30. The van der Waals surface area contributed by atoms with Crippen molar-refractivity contribution in [1.82, 2.24) is 5.32 Å². The molecular weight excluding hydrogens is 302 g/mol. The first kappa shape index (κ1) is 16.6. The molecule has 2 N–H and O–H groups in total. The first-order valence-corrected chi connectivity index (χ1v) is 8.61. The smallest absolute Gasteiger partial charge is 0.225 e. The van der Waals surface area contributed by atoms with Gasteiger partial charge in [0, 0.05) is 36.9 Å². The Hall–Kier alpha value is -2.27. The Balaban J connectivity index is 1.48. The molecule has 1 amide bonds. The van der Waals surface area contributed by atoms with Crippen LogP contribution in [0, 0.1) is 0 Å². The minimum Gasteiger partial charge on any atom is -0.468 e. The van der Waals surface area contributed by atoms with Crippen molar-refractivity contribution in [3.8, 4) is 0 Å². The summed E-state index contributed by atoms with van der Waals surface area (Å²) in [6, 6.07) is 12.0. The molecular formula is C19H25N3O2. The van der Waals surface area contributed by atoms with Gasteiger partial charge >= 0.3 is 0 Å². The highest BCUT2D eigenvalue weighted by atomic mass is 16.3. The van der Waals surface area contributed by atoms with E-state index in [1.807, 2.05) is 31.2 Å². The van der Waals surface area contributed by atoms with Gasteiger partial charge in [0.15, 0.2) is 0 Å². The third-order valence-corrected chi connectivity index (χ3v) is 4.30. The Labute approximate surface area is 143 Å². The molecule has 1 atom stereocenters. The van der Waals surface area contributed by atoms with Gasteiger partial charge in [0.25, 0.3) is 0 Å². The fourth-order valence-corrected chi connectivity index (χ4v) is 3.01. The third kappa shape index (κ3) is 4.61. The summed E-state index contributed by atoms with van der Waals surface area (Å²) < 4.78 is 5.28. The van der Waals surface area contributed by atoms with Crippen LogP contribution in [0.5, 0.6) is 0 Å². The van der Waals surface area contributed by atoms with E-state index in [0.717, 1.165) is 24.5 Å². The first-order chi connectivity index (χ1) is 11.7. The second-order valence-corrected chi connectivity index (χ2v) is 6.36. The van der Waals surface area contributed by atoms with Crippen molar-refractivity contribution in [2.75, 3.05) is 23.3 Å². The maximum atomic E-state index is 12.2. The number of carbonyl (C=O) groups excluding carboxylic acids is 1. The standard InChI is InChI=1S/C19H25N3O2/c1-15(20-14-18-8-5-11-24-18)12-19(23)21-16-6-4-7-17(13-16)22-9-2-3-10-22/h4-8,11,13,15,20H,2-3,9-10,12,14H2,1H3,(H,21,23). The number of nitrogens with zero attached hydrogens (tertiary/aromatic N) is 1. The van der Waals surface area contributed by atoms with Crippen LogP contribution >= 0.6 is 0 Å². The molecule has 128 valence electrons. The molecule has 24 heavy (non-hydrogen) atoms. The van der Waals surface area contributed by atoms with Gasteiger partial charge in [0.2, 0.25) is 5.91 Å². The summed E-state index contributed by atoms with van der Waals surface area (Å²) in [6.45, 7) is 4.84. The van der Waals surface area contributed by atoms with E-state index in [2.05, 4.69) is 27.7 Å². The Morgan fingerprint density at radius 2 is 2.08 bits per heavy atom. The predicted molar refractivity (Wildman–Crippen MR) is 96.1 cm³/mol. The molecule has 5 heteroatoms. The number of rotatable bonds is 7. The van der Waals surface area contributed by atoms with Crippen LogP contribution in [0.15, 0.2) is 47.1 Å². The molecule has 1 aliphatic heterocycles. The zero-order chi connectivity index (χ0) is 16.8. The fourth-order valence-electron chi connectivity index (χ4n) is 3.01. The molecule has 5 nitrogen and oxygen atoms in total. The molecule has 1 saturated heterocycles. The van der Waals surface area contributed by atoms with Gasteiger partial charge < -0.3 is 20.0 Å². The molecule has 3 rings (SSSR count). The average Bonchev–Trinajstić information content (AvgIpc) is 3.27. The zero-order valence-electron chi connectivity index (χ0n) is 14.1. The number of carbonyl (C=O) groups is 1. The SMILES string of the molecule is CC(CC(=O)Nc1cccc(N2CCCC2)c1)NCc1ccco1. The van der Waals surface area contributed by atoms with E-state index in [0.29, 0.717) is 13.0 Å². The summed E-state index contributed by atoms with van der Waals surface area (Å²) in [5.41, 5.74) is 2.05. The summed E-state index contributed by atoms with van der Waals surface area (Å²) in [6.07, 6.45) is 4.57. The third-order valence-electron chi connectivity index (χ3n) is 4.30. The van der Waals surface area contributed by atoms with Crippen LogP contribution in [-0.4, -0.2) is 25.0 Å². The number of anilines is 2. The van der Waals surface area contributed by atoms with Crippen molar-refractivity contribution in [3.63, 3.8) is 0 Å². The molecule has 1 unspecified atom stereocenters. The second kappa shape index (κ2) is 8.02. The lowest BCUT2D eigenvalue weighted by atomic mass is 10.2. The quantitative estimate of drug-likeness (QED) is 0.818. The molecule has 1 fully saturated rings. The van der Waals surface area contributed by atoms with Crippen LogP contribution < -0.4 is 15.5 Å². The van der Waals surface area contributed by atoms with Gasteiger partial charge in [-0.25, -0.2) is 0 Å². The summed E-state index contributed by atoms with van der Waals surface area (Å²) in [5.74, 6) is 0.897. The molecule has 1 aromatic carbocycles. The summed E-state index contributed by atoms with van der Waals surface area (Å²) in [5, 5.41) is 6.30. The van der Waals surface area contributed by atoms with E-state index in [-0.39, 0.29) is 11.9 Å². The Morgan fingerprint density at radius 1 is 1.25 bits per heavy atom. The van der Waals surface area contributed by atoms with Crippen LogP contribution in [0.4, 0.5) is 11.4 Å². The van der Waals surface area contributed by atoms with Gasteiger partial charge in [-0.15, -0.1) is 0 Å². The van der Waals surface area contributed by atoms with E-state index in [4.69, 9.17) is 4.42 Å². The highest BCUT2D eigenvalue weighted by Crippen LogP contribution is 2.23. The Morgan fingerprint density at radius 3 is 2.83 bits per heavy atom. The minimum absolute atomic E-state index is 0.0213. The topological polar surface area (TPSA) is 57.5 Å². The van der Waals surface area contributed by atoms with Crippen LogP contribution in [0.2, 0.25) is 0 Å². The molecule has 2 aromatic rings. The molecule has 0 aliphatic carbocycles. The van der Waals surface area contributed by atoms with E-state index in [1.165, 1.54) is 18.5 Å². The number of hydrogen-bond acceptors (Lipinski definition) is 4. The van der Waals surface area contributed by atoms with Crippen molar-refractivity contribution in [2.24, 2.45) is 0 Å². The molecule has 0 bridgehead atoms. The van der Waals surface area contributed by atoms with Gasteiger partial charge in [-0.05, 0) is 50.1 Å². The van der Waals surface area contributed by atoms with Crippen molar-refractivity contribution < 1.29 is 9.21 Å². The zero-order valence-corrected chi connectivity index (χ0v) is 14.1. The van der Waals surface area contributed by atoms with Gasteiger partial charge in [-0.3, -0.25) is 4.79 Å². The lowest BCUT2D eigenvalue weighted by Gasteiger charge is -2.19. The van der Waals surface area contributed by atoms with Crippen molar-refractivity contribution in [2.45, 2.75) is 38.8 Å². The van der Waals surface area contributed by atoms with Crippen LogP contribution in [0.1, 0.15) is 31.9 Å². The molecule has 0 radical (unpaired) electrons. The molecule has 0 spiro atoms. The number of amides is 1. The van der Waals surface area contributed by atoms with Crippen LogP contribution in [0.25, 0.3) is 0 Å². The predicted octanol–water partition coefficient (Wildman–Crippen LogP) is 3.39. The fraction of sp³-hybridized carbons (Fsp3) is 0.421. The lowest BCUT2D eigenvalue weighted by molar-refractivity contribution is -0.116. The Kier molecular flexibility index (Phi) is 5.54. The van der Waals surface area contributed by atoms with Crippen molar-refractivity contribution in [1.29, 1.82) is 0 Å². The number of benzene rings is 1. The number of furan rings is 1. The van der Waals surface area contributed by atoms with E-state index < -0.39 is 0 Å². The maximum Gasteiger partial charge on any atom is 0.225 e. The normalized spacial score (nSPS) is 15.5. The van der Waals surface area contributed by atoms with E-state index in [1.54, 1.807) is 6.26 Å². The number of nitrogens with one attached hydrogen (secondary N) is 2. The monoisotopic (exact) mass is 327 g/mol. The van der Waals surface area contributed by atoms with Crippen molar-refractivity contribution >= 4 is 17.3 Å². The highest BCUT2D eigenvalue weighted by Gasteiger charge is 2.14. The minimum atomic E-state index is 0.0213. The first-order valence-electron chi connectivity index (χ1n) is 8.61. The van der Waals surface area contributed by atoms with Crippen molar-refractivity contribution in [3.05, 3.63) is 48.4 Å². The average molecular weight is 327 g/mol. The molecule has 2 heterocycles. The van der Waals surface area contributed by atoms with Gasteiger partial charge in [0.05, 0.1) is 12.8 Å². The largest absolute Gasteiger partial charge is 0.468 e. The molecule has 1 aliphatic rings. The number of hydrogen-bond donors (Lipinski definition) is 2. The highest BCUT2D eigenvalue weighted by molar-refractivity contribution is 5.91. The van der Waals surface area contributed by atoms with E-state index in [9.17, 15) is 4.79 Å². The second-order valence-electron chi connectivity index (χ2n) is 6.36. The molecule has 1 aromatic heterocycles. The van der Waals surface area contributed by atoms with Gasteiger partial charge in [0.1, 0.15) is 5.76 Å². The Bertz CT molecular complexity index is 648. The van der Waals surface area contributed by atoms with Crippen LogP contribution in [0.3, 0.4) is 0 Å². The summed E-state index contributed by atoms with van der Waals surface area (Å²) >= 11 is 0. The van der Waals surface area contributed by atoms with Gasteiger partial charge in [-0.1, -0.05) is 6.07 Å².